The van der Waals surface area contributed by atoms with Crippen LogP contribution in [0.2, 0.25) is 0 Å². The number of nitrogens with one attached hydrogen (secondary N) is 1. The fraction of sp³-hybridized carbons (Fsp3) is 0.440. The Morgan fingerprint density at radius 2 is 1.70 bits per heavy atom. The Morgan fingerprint density at radius 3 is 2.30 bits per heavy atom. The first-order chi connectivity index (χ1) is 14.3. The van der Waals surface area contributed by atoms with Crippen molar-refractivity contribution in [2.24, 2.45) is 5.92 Å². The SMILES string of the molecule is Cc1cc(OCCCC(=O)Nc2ccc(C(=O)OCC(C)C)cc2)ccc1C(C)C. The van der Waals surface area contributed by atoms with Crippen molar-refractivity contribution >= 4 is 17.6 Å². The summed E-state index contributed by atoms with van der Waals surface area (Å²) in [5, 5.41) is 2.84. The van der Waals surface area contributed by atoms with E-state index in [1.165, 1.54) is 11.1 Å². The minimum Gasteiger partial charge on any atom is -0.494 e. The van der Waals surface area contributed by atoms with Crippen LogP contribution in [0, 0.1) is 12.8 Å². The van der Waals surface area contributed by atoms with Gasteiger partial charge in [0.2, 0.25) is 5.91 Å². The van der Waals surface area contributed by atoms with Crippen LogP contribution >= 0.6 is 0 Å². The molecule has 0 unspecified atom stereocenters. The quantitative estimate of drug-likeness (QED) is 0.401. The Bertz CT molecular complexity index is 841. The smallest absolute Gasteiger partial charge is 0.338 e. The van der Waals surface area contributed by atoms with E-state index in [-0.39, 0.29) is 11.9 Å². The molecule has 2 aromatic rings. The van der Waals surface area contributed by atoms with E-state index in [9.17, 15) is 9.59 Å². The lowest BCUT2D eigenvalue weighted by Gasteiger charge is -2.12. The van der Waals surface area contributed by atoms with Gasteiger partial charge in [-0.2, -0.15) is 0 Å². The summed E-state index contributed by atoms with van der Waals surface area (Å²) in [4.78, 5) is 24.1. The molecule has 30 heavy (non-hydrogen) atoms. The van der Waals surface area contributed by atoms with Crippen molar-refractivity contribution in [2.75, 3.05) is 18.5 Å². The van der Waals surface area contributed by atoms with Crippen molar-refractivity contribution < 1.29 is 19.1 Å². The number of carbonyl (C=O) groups excluding carboxylic acids is 2. The number of benzene rings is 2. The topological polar surface area (TPSA) is 64.6 Å². The summed E-state index contributed by atoms with van der Waals surface area (Å²) in [6.07, 6.45) is 0.984. The lowest BCUT2D eigenvalue weighted by atomic mass is 9.98. The van der Waals surface area contributed by atoms with E-state index in [4.69, 9.17) is 9.47 Å². The van der Waals surface area contributed by atoms with Gasteiger partial charge >= 0.3 is 5.97 Å². The number of carbonyl (C=O) groups is 2. The molecule has 2 rings (SSSR count). The molecule has 1 amide bonds. The van der Waals surface area contributed by atoms with E-state index in [0.717, 1.165) is 5.75 Å². The second-order valence-electron chi connectivity index (χ2n) is 8.24. The van der Waals surface area contributed by atoms with Gasteiger partial charge in [0.15, 0.2) is 0 Å². The summed E-state index contributed by atoms with van der Waals surface area (Å²) in [6, 6.07) is 12.9. The maximum atomic E-state index is 12.1. The van der Waals surface area contributed by atoms with Crippen LogP contribution in [0.25, 0.3) is 0 Å². The second-order valence-corrected chi connectivity index (χ2v) is 8.24. The van der Waals surface area contributed by atoms with Crippen LogP contribution in [-0.2, 0) is 9.53 Å². The third-order valence-corrected chi connectivity index (χ3v) is 4.63. The fourth-order valence-corrected chi connectivity index (χ4v) is 3.05. The zero-order chi connectivity index (χ0) is 22.1. The van der Waals surface area contributed by atoms with Gasteiger partial charge in [-0.25, -0.2) is 4.79 Å². The summed E-state index contributed by atoms with van der Waals surface area (Å²) in [6.45, 7) is 11.3. The molecule has 0 saturated heterocycles. The number of hydrogen-bond donors (Lipinski definition) is 1. The molecule has 162 valence electrons. The summed E-state index contributed by atoms with van der Waals surface area (Å²) in [5.41, 5.74) is 3.67. The van der Waals surface area contributed by atoms with Gasteiger partial charge in [0.05, 0.1) is 18.8 Å². The molecule has 0 aliphatic rings. The molecule has 0 radical (unpaired) electrons. The molecule has 0 aliphatic heterocycles. The predicted molar refractivity (Wildman–Crippen MR) is 120 cm³/mol. The highest BCUT2D eigenvalue weighted by atomic mass is 16.5. The largest absolute Gasteiger partial charge is 0.494 e. The van der Waals surface area contributed by atoms with Crippen LogP contribution in [0.15, 0.2) is 42.5 Å². The van der Waals surface area contributed by atoms with Gasteiger partial charge in [0.25, 0.3) is 0 Å². The van der Waals surface area contributed by atoms with Crippen molar-refractivity contribution in [1.29, 1.82) is 0 Å². The Hall–Kier alpha value is -2.82. The van der Waals surface area contributed by atoms with Crippen LogP contribution in [0.1, 0.15) is 67.9 Å². The molecular weight excluding hydrogens is 378 g/mol. The molecule has 5 heteroatoms. The Labute approximate surface area is 179 Å². The molecule has 0 atom stereocenters. The maximum Gasteiger partial charge on any atom is 0.338 e. The molecule has 1 N–H and O–H groups in total. The summed E-state index contributed by atoms with van der Waals surface area (Å²) >= 11 is 0. The first kappa shape index (κ1) is 23.5. The first-order valence-electron chi connectivity index (χ1n) is 10.6. The van der Waals surface area contributed by atoms with Crippen LogP contribution in [0.5, 0.6) is 5.75 Å². The lowest BCUT2D eigenvalue weighted by Crippen LogP contribution is -2.13. The Kier molecular flexibility index (Phi) is 8.90. The van der Waals surface area contributed by atoms with Crippen molar-refractivity contribution in [1.82, 2.24) is 0 Å². The highest BCUT2D eigenvalue weighted by Gasteiger charge is 2.09. The van der Waals surface area contributed by atoms with E-state index in [1.807, 2.05) is 26.0 Å². The number of rotatable bonds is 10. The summed E-state index contributed by atoms with van der Waals surface area (Å²) < 4.78 is 11.0. The Morgan fingerprint density at radius 1 is 1.00 bits per heavy atom. The third-order valence-electron chi connectivity index (χ3n) is 4.63. The number of amides is 1. The first-order valence-corrected chi connectivity index (χ1v) is 10.6. The van der Waals surface area contributed by atoms with Crippen molar-refractivity contribution in [3.05, 3.63) is 59.2 Å². The summed E-state index contributed by atoms with van der Waals surface area (Å²) in [5.74, 6) is 1.18. The van der Waals surface area contributed by atoms with E-state index >= 15 is 0 Å². The van der Waals surface area contributed by atoms with Gasteiger partial charge in [-0.05, 0) is 72.7 Å². The van der Waals surface area contributed by atoms with Crippen LogP contribution in [-0.4, -0.2) is 25.1 Å². The van der Waals surface area contributed by atoms with Gasteiger partial charge in [-0.1, -0.05) is 33.8 Å². The highest BCUT2D eigenvalue weighted by Crippen LogP contribution is 2.23. The van der Waals surface area contributed by atoms with E-state index in [1.54, 1.807) is 24.3 Å². The predicted octanol–water partition coefficient (Wildman–Crippen LogP) is 5.73. The number of anilines is 1. The van der Waals surface area contributed by atoms with Crippen LogP contribution in [0.4, 0.5) is 5.69 Å². The van der Waals surface area contributed by atoms with Crippen molar-refractivity contribution in [3.63, 3.8) is 0 Å². The molecule has 0 bridgehead atoms. The fourth-order valence-electron chi connectivity index (χ4n) is 3.05. The molecule has 0 spiro atoms. The van der Waals surface area contributed by atoms with Crippen LogP contribution < -0.4 is 10.1 Å². The minimum atomic E-state index is -0.351. The maximum absolute atomic E-state index is 12.1. The van der Waals surface area contributed by atoms with E-state index in [2.05, 4.69) is 32.2 Å². The number of aryl methyl sites for hydroxylation is 1. The lowest BCUT2D eigenvalue weighted by molar-refractivity contribution is -0.116. The summed E-state index contributed by atoms with van der Waals surface area (Å²) in [7, 11) is 0. The zero-order valence-electron chi connectivity index (χ0n) is 18.7. The molecule has 0 aromatic heterocycles. The van der Waals surface area contributed by atoms with Crippen molar-refractivity contribution in [2.45, 2.75) is 53.4 Å². The Balaban J connectivity index is 1.73. The number of hydrogen-bond acceptors (Lipinski definition) is 4. The van der Waals surface area contributed by atoms with Gasteiger partial charge in [-0.15, -0.1) is 0 Å². The molecule has 2 aromatic carbocycles. The second kappa shape index (κ2) is 11.4. The van der Waals surface area contributed by atoms with Gasteiger partial charge in [0, 0.05) is 12.1 Å². The van der Waals surface area contributed by atoms with Crippen LogP contribution in [0.3, 0.4) is 0 Å². The van der Waals surface area contributed by atoms with E-state index in [0.29, 0.717) is 49.1 Å². The number of ether oxygens (including phenoxy) is 2. The molecule has 0 fully saturated rings. The molecule has 5 nitrogen and oxygen atoms in total. The molecule has 0 saturated carbocycles. The van der Waals surface area contributed by atoms with Gasteiger partial charge in [0.1, 0.15) is 5.75 Å². The molecule has 0 heterocycles. The monoisotopic (exact) mass is 411 g/mol. The minimum absolute atomic E-state index is 0.0833. The van der Waals surface area contributed by atoms with Gasteiger partial charge < -0.3 is 14.8 Å². The average molecular weight is 412 g/mol. The third kappa shape index (κ3) is 7.54. The van der Waals surface area contributed by atoms with Gasteiger partial charge in [-0.3, -0.25) is 4.79 Å². The zero-order valence-corrected chi connectivity index (χ0v) is 18.7. The molecular formula is C25H33NO4. The number of esters is 1. The van der Waals surface area contributed by atoms with Crippen molar-refractivity contribution in [3.8, 4) is 5.75 Å². The standard InChI is InChI=1S/C25H33NO4/c1-17(2)16-30-25(28)20-8-10-21(11-9-20)26-24(27)7-6-14-29-22-12-13-23(18(3)4)19(5)15-22/h8-13,15,17-18H,6-7,14,16H2,1-5H3,(H,26,27). The van der Waals surface area contributed by atoms with E-state index < -0.39 is 0 Å². The molecule has 0 aliphatic carbocycles. The average Bonchev–Trinajstić information content (AvgIpc) is 2.69. The normalized spacial score (nSPS) is 10.9. The highest BCUT2D eigenvalue weighted by molar-refractivity contribution is 5.93.